The normalized spacial score (nSPS) is 22.3. The second-order valence-corrected chi connectivity index (χ2v) is 10.5. The van der Waals surface area contributed by atoms with Crippen molar-refractivity contribution in [3.8, 4) is 10.4 Å². The van der Waals surface area contributed by atoms with Crippen LogP contribution in [0.5, 0.6) is 0 Å². The van der Waals surface area contributed by atoms with Gasteiger partial charge in [0.15, 0.2) is 5.01 Å². The van der Waals surface area contributed by atoms with Crippen LogP contribution in [-0.4, -0.2) is 68.7 Å². The van der Waals surface area contributed by atoms with Gasteiger partial charge in [0.2, 0.25) is 0 Å². The van der Waals surface area contributed by atoms with Crippen LogP contribution in [0.15, 0.2) is 12.3 Å². The Balaban J connectivity index is 1.74. The Bertz CT molecular complexity index is 1190. The maximum atomic E-state index is 14.2. The Morgan fingerprint density at radius 1 is 1.26 bits per heavy atom. The Kier molecular flexibility index (Phi) is 8.21. The summed E-state index contributed by atoms with van der Waals surface area (Å²) in [7, 11) is 0. The summed E-state index contributed by atoms with van der Waals surface area (Å²) in [6.07, 6.45) is -5.20. The summed E-state index contributed by atoms with van der Waals surface area (Å²) in [5.74, 6) is -1.58. The fourth-order valence-electron chi connectivity index (χ4n) is 4.51. The Labute approximate surface area is 219 Å². The van der Waals surface area contributed by atoms with Crippen molar-refractivity contribution in [2.75, 3.05) is 11.9 Å². The van der Waals surface area contributed by atoms with Crippen molar-refractivity contribution < 1.29 is 36.6 Å². The molecular weight excluding hydrogens is 533 g/mol. The number of nitrogens with zero attached hydrogens (tertiary/aromatic N) is 3. The number of aliphatic hydroxyl groups excluding tert-OH is 1. The van der Waals surface area contributed by atoms with Gasteiger partial charge in [0.25, 0.3) is 18.2 Å². The number of likely N-dealkylation sites (tertiary alicyclic amines) is 1. The molecule has 2 amide bonds. The third-order valence-corrected chi connectivity index (χ3v) is 8.02. The van der Waals surface area contributed by atoms with E-state index in [1.165, 1.54) is 6.92 Å². The van der Waals surface area contributed by atoms with Gasteiger partial charge in [0.05, 0.1) is 17.0 Å². The molecule has 2 aromatic rings. The molecule has 1 aliphatic heterocycles. The van der Waals surface area contributed by atoms with Gasteiger partial charge < -0.3 is 20.6 Å². The van der Waals surface area contributed by atoms with E-state index in [-0.39, 0.29) is 33.6 Å². The summed E-state index contributed by atoms with van der Waals surface area (Å²) in [5.41, 5.74) is -1.04. The topological polar surface area (TPSA) is 107 Å². The second kappa shape index (κ2) is 11.1. The number of alkyl halides is 5. The summed E-state index contributed by atoms with van der Waals surface area (Å²) in [6, 6.07) is -1.75. The summed E-state index contributed by atoms with van der Waals surface area (Å²) >= 11 is 0.721. The Hall–Kier alpha value is -2.87. The summed E-state index contributed by atoms with van der Waals surface area (Å²) in [4.78, 5) is 35.9. The Morgan fingerprint density at radius 3 is 2.53 bits per heavy atom. The van der Waals surface area contributed by atoms with E-state index in [4.69, 9.17) is 0 Å². The fraction of sp³-hybridized carbons (Fsp3) is 0.583. The fourth-order valence-corrected chi connectivity index (χ4v) is 5.50. The van der Waals surface area contributed by atoms with E-state index in [9.17, 15) is 36.6 Å². The number of anilines is 1. The lowest BCUT2D eigenvalue weighted by atomic mass is 9.89. The van der Waals surface area contributed by atoms with Crippen LogP contribution in [0, 0.1) is 0 Å². The van der Waals surface area contributed by atoms with Gasteiger partial charge in [0.1, 0.15) is 17.6 Å². The predicted octanol–water partition coefficient (Wildman–Crippen LogP) is 4.77. The van der Waals surface area contributed by atoms with Gasteiger partial charge in [0, 0.05) is 29.9 Å². The molecule has 1 saturated heterocycles. The summed E-state index contributed by atoms with van der Waals surface area (Å²) in [6.45, 7) is 3.59. The molecule has 4 atom stereocenters. The molecule has 14 heteroatoms. The van der Waals surface area contributed by atoms with Gasteiger partial charge >= 0.3 is 6.18 Å². The first-order valence-electron chi connectivity index (χ1n) is 12.3. The molecule has 1 aliphatic carbocycles. The number of halogens is 5. The first kappa shape index (κ1) is 28.1. The Morgan fingerprint density at radius 2 is 2.00 bits per heavy atom. The van der Waals surface area contributed by atoms with Crippen LogP contribution in [0.2, 0.25) is 0 Å². The number of rotatable bonds is 8. The molecule has 8 nitrogen and oxygen atoms in total. The second-order valence-electron chi connectivity index (χ2n) is 9.52. The van der Waals surface area contributed by atoms with Crippen molar-refractivity contribution >= 4 is 29.0 Å². The lowest BCUT2D eigenvalue weighted by molar-refractivity contribution is -0.142. The van der Waals surface area contributed by atoms with Gasteiger partial charge in [-0.15, -0.1) is 11.3 Å². The van der Waals surface area contributed by atoms with Crippen molar-refractivity contribution in [3.63, 3.8) is 0 Å². The number of aliphatic hydroxyl groups is 1. The zero-order chi connectivity index (χ0) is 27.8. The van der Waals surface area contributed by atoms with Gasteiger partial charge in [-0.05, 0) is 45.1 Å². The zero-order valence-electron chi connectivity index (χ0n) is 20.7. The van der Waals surface area contributed by atoms with Crippen LogP contribution in [0.25, 0.3) is 10.4 Å². The molecule has 1 unspecified atom stereocenters. The average Bonchev–Trinajstić information content (AvgIpc) is 3.50. The molecule has 0 aromatic carbocycles. The number of pyridine rings is 1. The molecule has 4 rings (SSSR count). The predicted molar refractivity (Wildman–Crippen MR) is 130 cm³/mol. The minimum Gasteiger partial charge on any atom is -0.391 e. The van der Waals surface area contributed by atoms with Crippen LogP contribution in [-0.2, 0) is 0 Å². The average molecular weight is 562 g/mol. The monoisotopic (exact) mass is 561 g/mol. The third-order valence-electron chi connectivity index (χ3n) is 6.93. The van der Waals surface area contributed by atoms with Crippen molar-refractivity contribution in [1.29, 1.82) is 0 Å². The van der Waals surface area contributed by atoms with E-state index in [1.54, 1.807) is 4.90 Å². The molecule has 0 spiro atoms. The largest absolute Gasteiger partial charge is 0.408 e. The van der Waals surface area contributed by atoms with E-state index in [0.717, 1.165) is 36.4 Å². The highest BCUT2D eigenvalue weighted by Crippen LogP contribution is 2.39. The number of thiazole rings is 1. The maximum absolute atomic E-state index is 14.2. The molecule has 2 aliphatic rings. The van der Waals surface area contributed by atoms with Gasteiger partial charge in [-0.3, -0.25) is 9.59 Å². The van der Waals surface area contributed by atoms with Crippen LogP contribution < -0.4 is 10.6 Å². The highest BCUT2D eigenvalue weighted by Gasteiger charge is 2.39. The standard InChI is InChI=1S/C24H28F5N5O3S/c1-3-16(24(27,28)29)32-17-9-12(20(25)26)13(10-30-17)19-18(23(37)34-8-4-5-11(34)2)33-22(38-19)21(36)31-14-6-7-15(14)35/h9-11,14-16,20,35H,3-8H2,1-2H3,(H,30,32)(H,31,36)/t11-,14-,15-,16?/m0/s1. The SMILES string of the molecule is CCC(Nc1cc(C(F)F)c(-c2sc(C(=O)N[C@H]3CC[C@@H]3O)nc2C(=O)N2CCC[C@@H]2C)cn1)C(F)(F)F. The van der Waals surface area contributed by atoms with Crippen LogP contribution in [0.1, 0.15) is 78.2 Å². The number of hydrogen-bond donors (Lipinski definition) is 3. The minimum atomic E-state index is -4.61. The molecule has 3 N–H and O–H groups in total. The highest BCUT2D eigenvalue weighted by molar-refractivity contribution is 7.17. The number of amides is 2. The van der Waals surface area contributed by atoms with E-state index >= 15 is 0 Å². The van der Waals surface area contributed by atoms with Crippen LogP contribution in [0.3, 0.4) is 0 Å². The number of carbonyl (C=O) groups excluding carboxylic acids is 2. The number of aromatic nitrogens is 2. The van der Waals surface area contributed by atoms with E-state index in [0.29, 0.717) is 19.4 Å². The third kappa shape index (κ3) is 5.75. The molecule has 2 aromatic heterocycles. The van der Waals surface area contributed by atoms with Gasteiger partial charge in [-0.25, -0.2) is 18.7 Å². The molecule has 0 bridgehead atoms. The molecule has 3 heterocycles. The lowest BCUT2D eigenvalue weighted by Gasteiger charge is -2.32. The van der Waals surface area contributed by atoms with Crippen LogP contribution >= 0.6 is 11.3 Å². The van der Waals surface area contributed by atoms with E-state index in [2.05, 4.69) is 20.6 Å². The number of hydrogen-bond acceptors (Lipinski definition) is 7. The maximum Gasteiger partial charge on any atom is 0.408 e. The van der Waals surface area contributed by atoms with E-state index in [1.807, 2.05) is 6.92 Å². The molecule has 0 radical (unpaired) electrons. The van der Waals surface area contributed by atoms with Crippen molar-refractivity contribution in [2.24, 2.45) is 0 Å². The highest BCUT2D eigenvalue weighted by atomic mass is 32.1. The summed E-state index contributed by atoms with van der Waals surface area (Å²) < 4.78 is 68.0. The van der Waals surface area contributed by atoms with Gasteiger partial charge in [-0.2, -0.15) is 13.2 Å². The molecule has 208 valence electrons. The lowest BCUT2D eigenvalue weighted by Crippen LogP contribution is -2.50. The molecule has 2 fully saturated rings. The van der Waals surface area contributed by atoms with Crippen molar-refractivity contribution in [3.05, 3.63) is 28.5 Å². The molecule has 38 heavy (non-hydrogen) atoms. The van der Waals surface area contributed by atoms with Crippen molar-refractivity contribution in [2.45, 2.75) is 82.8 Å². The van der Waals surface area contributed by atoms with Gasteiger partial charge in [-0.1, -0.05) is 6.92 Å². The van der Waals surface area contributed by atoms with Crippen molar-refractivity contribution in [1.82, 2.24) is 20.2 Å². The van der Waals surface area contributed by atoms with Crippen LogP contribution in [0.4, 0.5) is 27.8 Å². The first-order chi connectivity index (χ1) is 17.9. The minimum absolute atomic E-state index is 0.0226. The summed E-state index contributed by atoms with van der Waals surface area (Å²) in [5, 5.41) is 14.4. The number of carbonyl (C=O) groups is 2. The quantitative estimate of drug-likeness (QED) is 0.401. The first-order valence-corrected chi connectivity index (χ1v) is 13.1. The number of nitrogens with one attached hydrogen (secondary N) is 2. The molecular formula is C24H28F5N5O3S. The zero-order valence-corrected chi connectivity index (χ0v) is 21.5. The smallest absolute Gasteiger partial charge is 0.391 e. The van der Waals surface area contributed by atoms with E-state index < -0.39 is 54.0 Å². The molecule has 1 saturated carbocycles.